The zero-order valence-electron chi connectivity index (χ0n) is 22.9. The normalized spacial score (nSPS) is 24.1. The van der Waals surface area contributed by atoms with Crippen LogP contribution < -0.4 is 4.74 Å². The monoisotopic (exact) mass is 532 g/mol. The van der Waals surface area contributed by atoms with Gasteiger partial charge < -0.3 is 14.2 Å². The van der Waals surface area contributed by atoms with Gasteiger partial charge in [0, 0.05) is 12.2 Å². The lowest BCUT2D eigenvalue weighted by Gasteiger charge is -2.38. The highest BCUT2D eigenvalue weighted by Gasteiger charge is 2.32. The van der Waals surface area contributed by atoms with E-state index in [4.69, 9.17) is 14.2 Å². The Morgan fingerprint density at radius 2 is 1.66 bits per heavy atom. The van der Waals surface area contributed by atoms with Crippen molar-refractivity contribution in [2.45, 2.75) is 96.7 Å². The van der Waals surface area contributed by atoms with Crippen molar-refractivity contribution in [3.05, 3.63) is 53.3 Å². The van der Waals surface area contributed by atoms with Gasteiger partial charge in [0.1, 0.15) is 11.6 Å². The number of benzene rings is 2. The van der Waals surface area contributed by atoms with Crippen LogP contribution in [-0.4, -0.2) is 32.0 Å². The predicted molar refractivity (Wildman–Crippen MR) is 145 cm³/mol. The van der Waals surface area contributed by atoms with Gasteiger partial charge in [-0.2, -0.15) is 0 Å². The molecule has 2 aliphatic rings. The van der Waals surface area contributed by atoms with Crippen LogP contribution in [0, 0.1) is 17.7 Å². The summed E-state index contributed by atoms with van der Waals surface area (Å²) < 4.78 is 60.9. The molecule has 0 amide bonds. The highest BCUT2D eigenvalue weighted by Crippen LogP contribution is 2.38. The molecule has 0 bridgehead atoms. The van der Waals surface area contributed by atoms with Gasteiger partial charge in [0.05, 0.1) is 31.0 Å². The summed E-state index contributed by atoms with van der Waals surface area (Å²) in [5.41, 5.74) is 0.638. The molecule has 2 fully saturated rings. The fraction of sp³-hybridized carbons (Fsp3) is 0.625. The molecule has 1 saturated heterocycles. The van der Waals surface area contributed by atoms with E-state index in [9.17, 15) is 8.78 Å². The summed E-state index contributed by atoms with van der Waals surface area (Å²) in [5, 5.41) is 0. The largest absolute Gasteiger partial charge is 0.494 e. The molecule has 6 heteroatoms. The number of hydrogen-bond donors (Lipinski definition) is 0. The Balaban J connectivity index is 1.29. The molecule has 1 aliphatic heterocycles. The average molecular weight is 533 g/mol. The van der Waals surface area contributed by atoms with Crippen molar-refractivity contribution in [3.63, 3.8) is 0 Å². The Kier molecular flexibility index (Phi) is 10.9. The second-order valence-electron chi connectivity index (χ2n) is 10.9. The van der Waals surface area contributed by atoms with Crippen LogP contribution in [-0.2, 0) is 15.9 Å². The van der Waals surface area contributed by atoms with Crippen LogP contribution in [0.2, 0.25) is 0 Å². The summed E-state index contributed by atoms with van der Waals surface area (Å²) in [6, 6.07) is 10.1. The van der Waals surface area contributed by atoms with Crippen molar-refractivity contribution in [2.24, 2.45) is 11.8 Å². The molecule has 2 unspecified atom stereocenters. The third-order valence-electron chi connectivity index (χ3n) is 8.34. The van der Waals surface area contributed by atoms with Crippen molar-refractivity contribution >= 4 is 0 Å². The van der Waals surface area contributed by atoms with E-state index < -0.39 is 17.8 Å². The summed E-state index contributed by atoms with van der Waals surface area (Å²) >= 11 is 0. The van der Waals surface area contributed by atoms with Gasteiger partial charge in [-0.25, -0.2) is 13.2 Å². The summed E-state index contributed by atoms with van der Waals surface area (Å²) in [4.78, 5) is 0. The minimum absolute atomic E-state index is 0.0411. The lowest BCUT2D eigenvalue weighted by Crippen LogP contribution is -2.34. The van der Waals surface area contributed by atoms with E-state index in [-0.39, 0.29) is 11.7 Å². The maximum atomic E-state index is 15.3. The molecule has 0 spiro atoms. The number of unbranched alkanes of at least 4 members (excludes halogenated alkanes) is 1. The van der Waals surface area contributed by atoms with E-state index in [2.05, 4.69) is 6.92 Å². The van der Waals surface area contributed by atoms with Gasteiger partial charge in [0.2, 0.25) is 0 Å². The first-order valence-corrected chi connectivity index (χ1v) is 14.6. The quantitative estimate of drug-likeness (QED) is 0.255. The average Bonchev–Trinajstić information content (AvgIpc) is 2.93. The maximum Gasteiger partial charge on any atom is 0.266 e. The molecule has 1 heterocycles. The van der Waals surface area contributed by atoms with E-state index in [0.29, 0.717) is 54.3 Å². The minimum Gasteiger partial charge on any atom is -0.494 e. The van der Waals surface area contributed by atoms with Gasteiger partial charge in [-0.15, -0.1) is 0 Å². The van der Waals surface area contributed by atoms with Gasteiger partial charge in [-0.1, -0.05) is 37.6 Å². The van der Waals surface area contributed by atoms with E-state index >= 15 is 4.39 Å². The molecular weight excluding hydrogens is 489 g/mol. The molecule has 2 aromatic carbocycles. The maximum absolute atomic E-state index is 15.3. The Morgan fingerprint density at radius 3 is 2.29 bits per heavy atom. The van der Waals surface area contributed by atoms with E-state index in [0.717, 1.165) is 45.3 Å². The molecule has 38 heavy (non-hydrogen) atoms. The third-order valence-corrected chi connectivity index (χ3v) is 8.34. The van der Waals surface area contributed by atoms with Crippen LogP contribution in [0.3, 0.4) is 0 Å². The molecular formula is C32H43F3O3. The van der Waals surface area contributed by atoms with Crippen LogP contribution in [0.4, 0.5) is 13.2 Å². The smallest absolute Gasteiger partial charge is 0.266 e. The first-order valence-electron chi connectivity index (χ1n) is 14.6. The highest BCUT2D eigenvalue weighted by atomic mass is 19.3. The second kappa shape index (κ2) is 14.4. The van der Waals surface area contributed by atoms with Gasteiger partial charge in [-0.3, -0.25) is 0 Å². The van der Waals surface area contributed by atoms with Crippen molar-refractivity contribution in [1.82, 2.24) is 0 Å². The Labute approximate surface area is 226 Å². The Morgan fingerprint density at radius 1 is 0.921 bits per heavy atom. The van der Waals surface area contributed by atoms with Crippen LogP contribution in [0.25, 0.3) is 11.1 Å². The fourth-order valence-electron chi connectivity index (χ4n) is 6.07. The molecule has 0 N–H and O–H groups in total. The van der Waals surface area contributed by atoms with Gasteiger partial charge in [0.25, 0.3) is 6.43 Å². The number of halogens is 3. The fourth-order valence-corrected chi connectivity index (χ4v) is 6.07. The standard InChI is InChI=1S/C32H43F3O3/c1-3-5-20-37-27-13-6-22(7-14-27)25-11-18-28(38-21-25)17-10-24-12-19-29(31(33)30(24)32(34)35)23-8-15-26(16-9-23)36-4-2/h8-9,12,15-16,19,22,25,27-28,32H,3-7,10-11,13-14,17-18,20-21H2,1-2H3. The summed E-state index contributed by atoms with van der Waals surface area (Å²) in [5.74, 6) is 1.10. The van der Waals surface area contributed by atoms with Crippen molar-refractivity contribution < 1.29 is 27.4 Å². The van der Waals surface area contributed by atoms with Gasteiger partial charge in [-0.05, 0) is 99.8 Å². The van der Waals surface area contributed by atoms with Crippen LogP contribution in [0.1, 0.15) is 89.2 Å². The van der Waals surface area contributed by atoms with Crippen molar-refractivity contribution in [2.75, 3.05) is 19.8 Å². The molecule has 4 rings (SSSR count). The number of hydrogen-bond acceptors (Lipinski definition) is 3. The third kappa shape index (κ3) is 7.53. The molecule has 3 nitrogen and oxygen atoms in total. The number of alkyl halides is 2. The second-order valence-corrected chi connectivity index (χ2v) is 10.9. The molecule has 2 aromatic rings. The summed E-state index contributed by atoms with van der Waals surface area (Å²) in [6.07, 6.45) is 7.65. The summed E-state index contributed by atoms with van der Waals surface area (Å²) in [6.45, 7) is 6.21. The Hall–Kier alpha value is -2.05. The summed E-state index contributed by atoms with van der Waals surface area (Å²) in [7, 11) is 0. The number of rotatable bonds is 12. The molecule has 1 saturated carbocycles. The SMILES string of the molecule is CCCCOC1CCC(C2CCC(CCc3ccc(-c4ccc(OCC)cc4)c(F)c3C(F)F)OC2)CC1. The molecule has 210 valence electrons. The minimum atomic E-state index is -2.87. The molecule has 2 atom stereocenters. The zero-order chi connectivity index (χ0) is 26.9. The predicted octanol–water partition coefficient (Wildman–Crippen LogP) is 8.93. The molecule has 1 aliphatic carbocycles. The molecule has 0 aromatic heterocycles. The lowest BCUT2D eigenvalue weighted by atomic mass is 9.76. The van der Waals surface area contributed by atoms with Crippen molar-refractivity contribution in [1.29, 1.82) is 0 Å². The van der Waals surface area contributed by atoms with Crippen molar-refractivity contribution in [3.8, 4) is 16.9 Å². The van der Waals surface area contributed by atoms with E-state index in [1.165, 1.54) is 19.3 Å². The zero-order valence-corrected chi connectivity index (χ0v) is 22.9. The first kappa shape index (κ1) is 28.9. The van der Waals surface area contributed by atoms with E-state index in [1.54, 1.807) is 36.4 Å². The highest BCUT2D eigenvalue weighted by molar-refractivity contribution is 5.66. The van der Waals surface area contributed by atoms with Crippen LogP contribution in [0.5, 0.6) is 5.75 Å². The van der Waals surface area contributed by atoms with E-state index in [1.807, 2.05) is 6.92 Å². The number of aryl methyl sites for hydroxylation is 1. The Bertz CT molecular complexity index is 978. The van der Waals surface area contributed by atoms with Crippen LogP contribution in [0.15, 0.2) is 36.4 Å². The van der Waals surface area contributed by atoms with Gasteiger partial charge >= 0.3 is 0 Å². The topological polar surface area (TPSA) is 27.7 Å². The lowest BCUT2D eigenvalue weighted by molar-refractivity contribution is -0.0516. The first-order chi connectivity index (χ1) is 18.5. The number of ether oxygens (including phenoxy) is 3. The van der Waals surface area contributed by atoms with Crippen LogP contribution >= 0.6 is 0 Å². The molecule has 0 radical (unpaired) electrons. The van der Waals surface area contributed by atoms with Gasteiger partial charge in [0.15, 0.2) is 0 Å².